The van der Waals surface area contributed by atoms with Crippen molar-refractivity contribution in [2.45, 2.75) is 44.2 Å². The van der Waals surface area contributed by atoms with Gasteiger partial charge in [-0.2, -0.15) is 5.10 Å². The maximum absolute atomic E-state index is 13.9. The number of benzene rings is 2. The summed E-state index contributed by atoms with van der Waals surface area (Å²) in [5, 5.41) is 13.3. The van der Waals surface area contributed by atoms with E-state index in [-0.39, 0.29) is 17.9 Å². The molecule has 4 heterocycles. The van der Waals surface area contributed by atoms with E-state index in [1.807, 2.05) is 18.3 Å². The number of aromatic nitrogens is 3. The van der Waals surface area contributed by atoms with Crippen molar-refractivity contribution in [3.8, 4) is 5.69 Å². The molecule has 0 aliphatic carbocycles. The number of aromatic amines is 1. The summed E-state index contributed by atoms with van der Waals surface area (Å²) in [6.45, 7) is 3.44. The normalized spacial score (nSPS) is 19.4. The maximum Gasteiger partial charge on any atom is 0.314 e. The first-order chi connectivity index (χ1) is 17.6. The van der Waals surface area contributed by atoms with Gasteiger partial charge in [-0.3, -0.25) is 5.10 Å². The largest absolute Gasteiger partial charge is 0.381 e. The van der Waals surface area contributed by atoms with Crippen molar-refractivity contribution in [3.63, 3.8) is 0 Å². The highest BCUT2D eigenvalue weighted by Crippen LogP contribution is 2.39. The molecule has 2 aliphatic heterocycles. The van der Waals surface area contributed by atoms with E-state index >= 15 is 0 Å². The molecule has 2 fully saturated rings. The average molecular weight is 491 g/mol. The number of carbonyl (C=O) groups is 1. The van der Waals surface area contributed by atoms with Gasteiger partial charge < -0.3 is 25.3 Å². The van der Waals surface area contributed by atoms with Crippen molar-refractivity contribution in [1.82, 2.24) is 25.0 Å². The number of nitrogens with two attached hydrogens (primary N) is 1. The van der Waals surface area contributed by atoms with Crippen molar-refractivity contribution in [3.05, 3.63) is 59.7 Å². The Labute approximate surface area is 208 Å². The van der Waals surface area contributed by atoms with Crippen LogP contribution in [0.1, 0.15) is 42.9 Å². The fraction of sp³-hybridized carbons (Fsp3) is 0.407. The van der Waals surface area contributed by atoms with Crippen LogP contribution in [0.25, 0.3) is 27.5 Å². The summed E-state index contributed by atoms with van der Waals surface area (Å²) in [6.07, 6.45) is 5.63. The van der Waals surface area contributed by atoms with E-state index in [1.165, 1.54) is 23.4 Å². The van der Waals surface area contributed by atoms with Gasteiger partial charge in [-0.05, 0) is 67.6 Å². The van der Waals surface area contributed by atoms with Crippen LogP contribution in [0.5, 0.6) is 0 Å². The van der Waals surface area contributed by atoms with Crippen LogP contribution in [0.15, 0.2) is 42.6 Å². The fourth-order valence-electron chi connectivity index (χ4n) is 5.85. The second kappa shape index (κ2) is 9.55. The standard InChI is InChI=1S/C27H31FN6O2/c28-19-3-5-21(6-4-19)34-25-12-18-14-31-32-24(18)13-22(25)23(26(34)17-7-10-36-11-8-17)15-30-20-2-1-9-33(16-20)27(29)35/h3-6,12-14,17,20,30H,1-2,7-11,15-16H2,(H2,29,35)(H,31,32). The minimum Gasteiger partial charge on any atom is -0.381 e. The summed E-state index contributed by atoms with van der Waals surface area (Å²) < 4.78 is 21.9. The van der Waals surface area contributed by atoms with Crippen LogP contribution in [0, 0.1) is 5.82 Å². The van der Waals surface area contributed by atoms with Gasteiger partial charge in [-0.25, -0.2) is 9.18 Å². The predicted octanol–water partition coefficient (Wildman–Crippen LogP) is 4.17. The Hall–Kier alpha value is -3.43. The summed E-state index contributed by atoms with van der Waals surface area (Å²) in [7, 11) is 0. The first-order valence-corrected chi connectivity index (χ1v) is 12.7. The lowest BCUT2D eigenvalue weighted by Crippen LogP contribution is -2.49. The number of primary amides is 1. The SMILES string of the molecule is NC(=O)N1CCCC(NCc2c(C3CCOCC3)n(-c3ccc(F)cc3)c3cc4cn[nH]c4cc23)C1. The first kappa shape index (κ1) is 23.0. The number of H-pyrrole nitrogens is 1. The second-order valence-electron chi connectivity index (χ2n) is 9.89. The van der Waals surface area contributed by atoms with Crippen LogP contribution >= 0.6 is 0 Å². The molecule has 36 heavy (non-hydrogen) atoms. The molecule has 9 heteroatoms. The molecule has 1 atom stereocenters. The lowest BCUT2D eigenvalue weighted by molar-refractivity contribution is 0.0840. The number of halogens is 1. The Bertz CT molecular complexity index is 1390. The third-order valence-corrected chi connectivity index (χ3v) is 7.67. The number of carbonyl (C=O) groups excluding carboxylic acids is 1. The number of likely N-dealkylation sites (tertiary alicyclic amines) is 1. The molecule has 0 bridgehead atoms. The van der Waals surface area contributed by atoms with E-state index in [9.17, 15) is 9.18 Å². The van der Waals surface area contributed by atoms with Crippen LogP contribution in [0.3, 0.4) is 0 Å². The third-order valence-electron chi connectivity index (χ3n) is 7.67. The molecule has 2 saturated heterocycles. The molecule has 4 aromatic rings. The molecular formula is C27H31FN6O2. The quantitative estimate of drug-likeness (QED) is 0.391. The van der Waals surface area contributed by atoms with Gasteiger partial charge in [-0.15, -0.1) is 0 Å². The summed E-state index contributed by atoms with van der Waals surface area (Å²) in [6, 6.07) is 10.9. The van der Waals surface area contributed by atoms with Gasteiger partial charge in [0, 0.05) is 67.0 Å². The van der Waals surface area contributed by atoms with Gasteiger partial charge in [0.15, 0.2) is 0 Å². The highest BCUT2D eigenvalue weighted by atomic mass is 19.1. The number of hydrogen-bond acceptors (Lipinski definition) is 4. The van der Waals surface area contributed by atoms with Crippen LogP contribution < -0.4 is 11.1 Å². The predicted molar refractivity (Wildman–Crippen MR) is 137 cm³/mol. The number of hydrogen-bond donors (Lipinski definition) is 3. The van der Waals surface area contributed by atoms with Crippen molar-refractivity contribution in [2.24, 2.45) is 5.73 Å². The number of piperidine rings is 1. The highest BCUT2D eigenvalue weighted by Gasteiger charge is 2.29. The van der Waals surface area contributed by atoms with Gasteiger partial charge in [-0.1, -0.05) is 0 Å². The van der Waals surface area contributed by atoms with E-state index in [1.54, 1.807) is 4.90 Å². The fourth-order valence-corrected chi connectivity index (χ4v) is 5.85. The zero-order chi connectivity index (χ0) is 24.6. The number of urea groups is 1. The topological polar surface area (TPSA) is 101 Å². The van der Waals surface area contributed by atoms with Crippen LogP contribution in [-0.4, -0.2) is 58.0 Å². The average Bonchev–Trinajstić information content (AvgIpc) is 3.49. The highest BCUT2D eigenvalue weighted by molar-refractivity contribution is 5.98. The maximum atomic E-state index is 13.9. The van der Waals surface area contributed by atoms with Gasteiger partial charge in [0.25, 0.3) is 0 Å². The lowest BCUT2D eigenvalue weighted by atomic mass is 9.92. The van der Waals surface area contributed by atoms with E-state index < -0.39 is 0 Å². The molecule has 0 radical (unpaired) electrons. The van der Waals surface area contributed by atoms with Crippen LogP contribution in [0.2, 0.25) is 0 Å². The van der Waals surface area contributed by atoms with Crippen molar-refractivity contribution >= 4 is 27.8 Å². The van der Waals surface area contributed by atoms with Crippen LogP contribution in [0.4, 0.5) is 9.18 Å². The number of amides is 2. The molecule has 4 N–H and O–H groups in total. The van der Waals surface area contributed by atoms with Gasteiger partial charge in [0.2, 0.25) is 0 Å². The van der Waals surface area contributed by atoms with Gasteiger partial charge in [0.05, 0.1) is 17.2 Å². The zero-order valence-corrected chi connectivity index (χ0v) is 20.2. The molecule has 188 valence electrons. The molecule has 8 nitrogen and oxygen atoms in total. The summed E-state index contributed by atoms with van der Waals surface area (Å²) in [5.41, 5.74) is 11.0. The van der Waals surface area contributed by atoms with E-state index in [0.717, 1.165) is 66.4 Å². The number of nitrogens with zero attached hydrogens (tertiary/aromatic N) is 3. The summed E-state index contributed by atoms with van der Waals surface area (Å²) in [4.78, 5) is 13.5. The molecule has 0 spiro atoms. The van der Waals surface area contributed by atoms with Gasteiger partial charge >= 0.3 is 6.03 Å². The van der Waals surface area contributed by atoms with Gasteiger partial charge in [0.1, 0.15) is 5.82 Å². The lowest BCUT2D eigenvalue weighted by Gasteiger charge is -2.32. The van der Waals surface area contributed by atoms with E-state index in [0.29, 0.717) is 25.6 Å². The Kier molecular flexibility index (Phi) is 6.10. The molecule has 2 aromatic heterocycles. The van der Waals surface area contributed by atoms with Crippen LogP contribution in [-0.2, 0) is 11.3 Å². The molecular weight excluding hydrogens is 459 g/mol. The number of nitrogens with one attached hydrogen (secondary N) is 2. The smallest absolute Gasteiger partial charge is 0.314 e. The molecule has 2 aromatic carbocycles. The number of rotatable bonds is 5. The Morgan fingerprint density at radius 3 is 2.78 bits per heavy atom. The minimum atomic E-state index is -0.362. The van der Waals surface area contributed by atoms with E-state index in [2.05, 4.69) is 32.2 Å². The molecule has 2 amide bonds. The Balaban J connectivity index is 1.48. The summed E-state index contributed by atoms with van der Waals surface area (Å²) in [5.74, 6) is 0.0659. The summed E-state index contributed by atoms with van der Waals surface area (Å²) >= 11 is 0. The Morgan fingerprint density at radius 1 is 1.19 bits per heavy atom. The van der Waals surface area contributed by atoms with Crippen molar-refractivity contribution < 1.29 is 13.9 Å². The van der Waals surface area contributed by atoms with Crippen molar-refractivity contribution in [2.75, 3.05) is 26.3 Å². The zero-order valence-electron chi connectivity index (χ0n) is 20.2. The second-order valence-corrected chi connectivity index (χ2v) is 9.89. The van der Waals surface area contributed by atoms with E-state index in [4.69, 9.17) is 10.5 Å². The monoisotopic (exact) mass is 490 g/mol. The first-order valence-electron chi connectivity index (χ1n) is 12.7. The van der Waals surface area contributed by atoms with Crippen molar-refractivity contribution in [1.29, 1.82) is 0 Å². The molecule has 6 rings (SSSR count). The number of ether oxygens (including phenoxy) is 1. The minimum absolute atomic E-state index is 0.175. The third kappa shape index (κ3) is 4.22. The Morgan fingerprint density at radius 2 is 2.00 bits per heavy atom. The molecule has 0 saturated carbocycles. The molecule has 1 unspecified atom stereocenters. The molecule has 2 aliphatic rings. The number of fused-ring (bicyclic) bond motifs is 2.